The Morgan fingerprint density at radius 3 is 3.00 bits per heavy atom. The quantitative estimate of drug-likeness (QED) is 0.795. The van der Waals surface area contributed by atoms with Crippen LogP contribution in [-0.2, 0) is 0 Å². The molecular formula is C14H22N2O2S. The average Bonchev–Trinajstić information content (AvgIpc) is 2.97. The van der Waals surface area contributed by atoms with E-state index in [-0.39, 0.29) is 24.0 Å². The number of aliphatic hydroxyl groups excluding tert-OH is 1. The first kappa shape index (κ1) is 14.3. The summed E-state index contributed by atoms with van der Waals surface area (Å²) >= 11 is 1.54. The van der Waals surface area contributed by atoms with Crippen LogP contribution in [0, 0.1) is 5.41 Å². The van der Waals surface area contributed by atoms with Gasteiger partial charge in [-0.1, -0.05) is 20.3 Å². The van der Waals surface area contributed by atoms with Gasteiger partial charge in [0.15, 0.2) is 0 Å². The largest absolute Gasteiger partial charge is 0.387 e. The second-order valence-electron chi connectivity index (χ2n) is 5.86. The molecule has 1 aromatic rings. The summed E-state index contributed by atoms with van der Waals surface area (Å²) in [7, 11) is 0. The lowest BCUT2D eigenvalue weighted by Gasteiger charge is -2.28. The molecule has 1 aromatic heterocycles. The Hall–Kier alpha value is -1.07. The van der Waals surface area contributed by atoms with E-state index in [4.69, 9.17) is 0 Å². The summed E-state index contributed by atoms with van der Waals surface area (Å²) in [6.07, 6.45) is 2.71. The number of thiophene rings is 1. The van der Waals surface area contributed by atoms with E-state index in [2.05, 4.69) is 24.5 Å². The lowest BCUT2D eigenvalue weighted by Crippen LogP contribution is -2.47. The molecule has 0 aromatic carbocycles. The van der Waals surface area contributed by atoms with Crippen molar-refractivity contribution in [1.29, 1.82) is 0 Å². The monoisotopic (exact) mass is 282 g/mol. The van der Waals surface area contributed by atoms with Gasteiger partial charge in [-0.05, 0) is 40.6 Å². The first-order valence-electron chi connectivity index (χ1n) is 6.73. The Bertz CT molecular complexity index is 417. The van der Waals surface area contributed by atoms with Gasteiger partial charge < -0.3 is 15.7 Å². The molecular weight excluding hydrogens is 260 g/mol. The van der Waals surface area contributed by atoms with Crippen molar-refractivity contribution >= 4 is 17.4 Å². The first-order chi connectivity index (χ1) is 8.99. The first-order valence-corrected chi connectivity index (χ1v) is 7.68. The molecule has 1 aliphatic rings. The van der Waals surface area contributed by atoms with E-state index in [9.17, 15) is 9.90 Å². The van der Waals surface area contributed by atoms with Gasteiger partial charge in [0.05, 0.1) is 6.10 Å². The molecule has 0 radical (unpaired) electrons. The lowest BCUT2D eigenvalue weighted by molar-refractivity contribution is 0.171. The highest BCUT2D eigenvalue weighted by atomic mass is 32.1. The fourth-order valence-electron chi connectivity index (χ4n) is 2.58. The Morgan fingerprint density at radius 2 is 2.42 bits per heavy atom. The number of carbonyl (C=O) groups is 1. The summed E-state index contributed by atoms with van der Waals surface area (Å²) in [5.74, 6) is 0. The van der Waals surface area contributed by atoms with Crippen molar-refractivity contribution in [3.63, 3.8) is 0 Å². The van der Waals surface area contributed by atoms with Gasteiger partial charge >= 0.3 is 6.03 Å². The Labute approximate surface area is 118 Å². The van der Waals surface area contributed by atoms with Crippen LogP contribution in [0.5, 0.6) is 0 Å². The van der Waals surface area contributed by atoms with Crippen molar-refractivity contribution in [2.75, 3.05) is 6.54 Å². The van der Waals surface area contributed by atoms with Gasteiger partial charge in [0.2, 0.25) is 0 Å². The number of carbonyl (C=O) groups excluding carboxylic acids is 1. The highest BCUT2D eigenvalue weighted by Gasteiger charge is 2.35. The maximum atomic E-state index is 11.8. The van der Waals surface area contributed by atoms with E-state index in [1.165, 1.54) is 11.3 Å². The molecule has 0 aliphatic heterocycles. The summed E-state index contributed by atoms with van der Waals surface area (Å²) in [4.78, 5) is 11.8. The van der Waals surface area contributed by atoms with Crippen molar-refractivity contribution in [3.05, 3.63) is 22.4 Å². The van der Waals surface area contributed by atoms with Crippen molar-refractivity contribution in [2.24, 2.45) is 5.41 Å². The molecule has 1 fully saturated rings. The number of amides is 2. The van der Waals surface area contributed by atoms with E-state index < -0.39 is 6.10 Å². The molecule has 2 amide bonds. The zero-order valence-electron chi connectivity index (χ0n) is 11.5. The van der Waals surface area contributed by atoms with Crippen LogP contribution in [0.25, 0.3) is 0 Å². The van der Waals surface area contributed by atoms with E-state index in [1.807, 2.05) is 16.8 Å². The third-order valence-corrected chi connectivity index (χ3v) is 4.65. The fourth-order valence-corrected chi connectivity index (χ4v) is 3.28. The molecule has 4 nitrogen and oxygen atoms in total. The molecule has 2 atom stereocenters. The number of nitrogens with one attached hydrogen (secondary N) is 2. The third kappa shape index (κ3) is 3.70. The van der Waals surface area contributed by atoms with E-state index in [1.54, 1.807) is 0 Å². The van der Waals surface area contributed by atoms with Crippen LogP contribution < -0.4 is 10.6 Å². The molecule has 106 valence electrons. The van der Waals surface area contributed by atoms with Crippen molar-refractivity contribution in [3.8, 4) is 0 Å². The highest BCUT2D eigenvalue weighted by molar-refractivity contribution is 7.07. The SMILES string of the molecule is CC1(C)CCCC1NC(=O)NCC(O)c1ccsc1. The van der Waals surface area contributed by atoms with Crippen molar-refractivity contribution < 1.29 is 9.90 Å². The summed E-state index contributed by atoms with van der Waals surface area (Å²) in [6, 6.07) is 1.91. The lowest BCUT2D eigenvalue weighted by atomic mass is 9.87. The number of aliphatic hydroxyl groups is 1. The number of hydrogen-bond acceptors (Lipinski definition) is 3. The van der Waals surface area contributed by atoms with Crippen molar-refractivity contribution in [1.82, 2.24) is 10.6 Å². The van der Waals surface area contributed by atoms with Gasteiger partial charge in [-0.25, -0.2) is 4.79 Å². The molecule has 5 heteroatoms. The predicted octanol–water partition coefficient (Wildman–Crippen LogP) is 2.66. The Balaban J connectivity index is 1.76. The van der Waals surface area contributed by atoms with Crippen LogP contribution in [-0.4, -0.2) is 23.7 Å². The minimum atomic E-state index is -0.631. The Morgan fingerprint density at radius 1 is 1.63 bits per heavy atom. The summed E-state index contributed by atoms with van der Waals surface area (Å²) < 4.78 is 0. The van der Waals surface area contributed by atoms with Crippen molar-refractivity contribution in [2.45, 2.75) is 45.3 Å². The molecule has 1 saturated carbocycles. The normalized spacial score (nSPS) is 23.0. The van der Waals surface area contributed by atoms with Gasteiger partial charge in [0.25, 0.3) is 0 Å². The van der Waals surface area contributed by atoms with Gasteiger partial charge in [-0.3, -0.25) is 0 Å². The molecule has 3 N–H and O–H groups in total. The molecule has 2 unspecified atom stereocenters. The molecule has 1 aliphatic carbocycles. The van der Waals surface area contributed by atoms with E-state index >= 15 is 0 Å². The second kappa shape index (κ2) is 5.92. The molecule has 2 rings (SSSR count). The molecule has 0 bridgehead atoms. The highest BCUT2D eigenvalue weighted by Crippen LogP contribution is 2.37. The van der Waals surface area contributed by atoms with Crippen LogP contribution in [0.2, 0.25) is 0 Å². The zero-order chi connectivity index (χ0) is 13.9. The van der Waals surface area contributed by atoms with Gasteiger partial charge in [-0.2, -0.15) is 11.3 Å². The fraction of sp³-hybridized carbons (Fsp3) is 0.643. The average molecular weight is 282 g/mol. The molecule has 0 saturated heterocycles. The van der Waals surface area contributed by atoms with Gasteiger partial charge in [0.1, 0.15) is 0 Å². The Kier molecular flexibility index (Phi) is 4.47. The third-order valence-electron chi connectivity index (χ3n) is 3.95. The standard InChI is InChI=1S/C14H22N2O2S/c1-14(2)6-3-4-12(14)16-13(18)15-8-11(17)10-5-7-19-9-10/h5,7,9,11-12,17H,3-4,6,8H2,1-2H3,(H2,15,16,18). The second-order valence-corrected chi connectivity index (χ2v) is 6.64. The number of rotatable bonds is 4. The van der Waals surface area contributed by atoms with E-state index in [0.717, 1.165) is 24.8 Å². The number of hydrogen-bond donors (Lipinski definition) is 3. The molecule has 19 heavy (non-hydrogen) atoms. The smallest absolute Gasteiger partial charge is 0.315 e. The van der Waals surface area contributed by atoms with Crippen LogP contribution in [0.1, 0.15) is 44.8 Å². The summed E-state index contributed by atoms with van der Waals surface area (Å²) in [5.41, 5.74) is 1.02. The summed E-state index contributed by atoms with van der Waals surface area (Å²) in [6.45, 7) is 4.62. The topological polar surface area (TPSA) is 61.4 Å². The number of urea groups is 1. The summed E-state index contributed by atoms with van der Waals surface area (Å²) in [5, 5.41) is 19.4. The minimum absolute atomic E-state index is 0.170. The zero-order valence-corrected chi connectivity index (χ0v) is 12.3. The minimum Gasteiger partial charge on any atom is -0.387 e. The van der Waals surface area contributed by atoms with Gasteiger partial charge in [0, 0.05) is 12.6 Å². The maximum Gasteiger partial charge on any atom is 0.315 e. The molecule has 0 spiro atoms. The van der Waals surface area contributed by atoms with Crippen LogP contribution in [0.4, 0.5) is 4.79 Å². The van der Waals surface area contributed by atoms with E-state index in [0.29, 0.717) is 0 Å². The van der Waals surface area contributed by atoms with Crippen LogP contribution in [0.3, 0.4) is 0 Å². The molecule has 1 heterocycles. The van der Waals surface area contributed by atoms with Crippen LogP contribution in [0.15, 0.2) is 16.8 Å². The predicted molar refractivity (Wildman–Crippen MR) is 77.2 cm³/mol. The maximum absolute atomic E-state index is 11.8. The van der Waals surface area contributed by atoms with Crippen LogP contribution >= 0.6 is 11.3 Å². The van der Waals surface area contributed by atoms with Gasteiger partial charge in [-0.15, -0.1) is 0 Å².